The Morgan fingerprint density at radius 3 is 2.51 bits per heavy atom. The monoisotopic (exact) mass is 538 g/mol. The molecular weight excluding hydrogens is 488 g/mol. The SMILES string of the molecule is CCCCC1CN(C[C@H]2CCOC2)C(=O)CC12CCN(C1(C)CCN(C(=O)c3c(C)ccnc3C)CC1)CC2. The third kappa shape index (κ3) is 5.90. The lowest BCUT2D eigenvalue weighted by Crippen LogP contribution is -2.60. The molecule has 1 unspecified atom stereocenters. The molecule has 1 aromatic rings. The molecule has 2 atom stereocenters. The first-order valence-corrected chi connectivity index (χ1v) is 15.6. The van der Waals surface area contributed by atoms with Crippen LogP contribution in [0.3, 0.4) is 0 Å². The summed E-state index contributed by atoms with van der Waals surface area (Å²) in [6, 6.07) is 1.93. The van der Waals surface area contributed by atoms with Crippen LogP contribution >= 0.6 is 0 Å². The Labute approximate surface area is 235 Å². The molecule has 5 rings (SSSR count). The molecule has 0 N–H and O–H groups in total. The van der Waals surface area contributed by atoms with Crippen LogP contribution in [0.1, 0.15) is 93.3 Å². The van der Waals surface area contributed by atoms with E-state index in [1.165, 1.54) is 19.3 Å². The number of hydrogen-bond donors (Lipinski definition) is 0. The van der Waals surface area contributed by atoms with Gasteiger partial charge in [-0.15, -0.1) is 0 Å². The zero-order valence-electron chi connectivity index (χ0n) is 24.8. The van der Waals surface area contributed by atoms with E-state index in [0.29, 0.717) is 17.7 Å². The molecule has 216 valence electrons. The predicted octanol–water partition coefficient (Wildman–Crippen LogP) is 4.85. The highest BCUT2D eigenvalue weighted by molar-refractivity contribution is 5.96. The first-order chi connectivity index (χ1) is 18.7. The van der Waals surface area contributed by atoms with Gasteiger partial charge in [-0.25, -0.2) is 0 Å². The summed E-state index contributed by atoms with van der Waals surface area (Å²) >= 11 is 0. The third-order valence-electron chi connectivity index (χ3n) is 10.8. The van der Waals surface area contributed by atoms with Gasteiger partial charge in [0.2, 0.25) is 5.91 Å². The number of hydrogen-bond acceptors (Lipinski definition) is 5. The van der Waals surface area contributed by atoms with Crippen molar-refractivity contribution in [2.24, 2.45) is 17.3 Å². The summed E-state index contributed by atoms with van der Waals surface area (Å²) in [5.41, 5.74) is 2.88. The molecular formula is C32H50N4O3. The minimum absolute atomic E-state index is 0.115. The molecule has 7 nitrogen and oxygen atoms in total. The smallest absolute Gasteiger partial charge is 0.255 e. The molecule has 1 spiro atoms. The first kappa shape index (κ1) is 28.5. The van der Waals surface area contributed by atoms with E-state index >= 15 is 0 Å². The second-order valence-electron chi connectivity index (χ2n) is 13.3. The van der Waals surface area contributed by atoms with Crippen molar-refractivity contribution in [2.45, 2.75) is 91.0 Å². The van der Waals surface area contributed by atoms with Crippen molar-refractivity contribution in [1.29, 1.82) is 0 Å². The first-order valence-electron chi connectivity index (χ1n) is 15.6. The molecule has 4 aliphatic rings. The summed E-state index contributed by atoms with van der Waals surface area (Å²) in [5, 5.41) is 0. The molecule has 0 saturated carbocycles. The normalized spacial score (nSPS) is 27.3. The number of aromatic nitrogens is 1. The zero-order chi connectivity index (χ0) is 27.6. The molecule has 39 heavy (non-hydrogen) atoms. The van der Waals surface area contributed by atoms with E-state index in [4.69, 9.17) is 4.74 Å². The van der Waals surface area contributed by atoms with Crippen molar-refractivity contribution in [3.63, 3.8) is 0 Å². The number of rotatable bonds is 7. The lowest BCUT2D eigenvalue weighted by Gasteiger charge is -2.55. The van der Waals surface area contributed by atoms with Crippen molar-refractivity contribution < 1.29 is 14.3 Å². The predicted molar refractivity (Wildman–Crippen MR) is 154 cm³/mol. The van der Waals surface area contributed by atoms with Crippen molar-refractivity contribution in [1.82, 2.24) is 19.7 Å². The number of nitrogens with zero attached hydrogens (tertiary/aromatic N) is 4. The van der Waals surface area contributed by atoms with E-state index in [2.05, 4.69) is 28.6 Å². The maximum Gasteiger partial charge on any atom is 0.255 e. The largest absolute Gasteiger partial charge is 0.381 e. The molecule has 1 aromatic heterocycles. The highest BCUT2D eigenvalue weighted by atomic mass is 16.5. The Bertz CT molecular complexity index is 1000. The fourth-order valence-corrected chi connectivity index (χ4v) is 7.94. The van der Waals surface area contributed by atoms with Gasteiger partial charge in [0, 0.05) is 56.9 Å². The topological polar surface area (TPSA) is 66.0 Å². The Kier molecular flexibility index (Phi) is 8.68. The van der Waals surface area contributed by atoms with E-state index in [9.17, 15) is 9.59 Å². The van der Waals surface area contributed by atoms with Gasteiger partial charge >= 0.3 is 0 Å². The number of unbranched alkanes of at least 4 members (excludes halogenated alkanes) is 1. The van der Waals surface area contributed by atoms with Gasteiger partial charge in [-0.1, -0.05) is 19.8 Å². The number of likely N-dealkylation sites (tertiary alicyclic amines) is 3. The average molecular weight is 539 g/mol. The van der Waals surface area contributed by atoms with Crippen LogP contribution in [-0.2, 0) is 9.53 Å². The Hall–Kier alpha value is -1.99. The number of amides is 2. The van der Waals surface area contributed by atoms with E-state index in [1.807, 2.05) is 24.8 Å². The molecule has 5 heterocycles. The van der Waals surface area contributed by atoms with Gasteiger partial charge in [-0.3, -0.25) is 19.5 Å². The molecule has 0 radical (unpaired) electrons. The number of carbonyl (C=O) groups is 2. The quantitative estimate of drug-likeness (QED) is 0.497. The summed E-state index contributed by atoms with van der Waals surface area (Å²) in [6.07, 6.45) is 11.6. The third-order valence-corrected chi connectivity index (χ3v) is 10.8. The molecule has 4 aliphatic heterocycles. The highest BCUT2D eigenvalue weighted by Crippen LogP contribution is 2.49. The zero-order valence-corrected chi connectivity index (χ0v) is 24.8. The summed E-state index contributed by atoms with van der Waals surface area (Å²) in [4.78, 5) is 38.1. The number of aryl methyl sites for hydroxylation is 2. The van der Waals surface area contributed by atoms with Gasteiger partial charge in [0.15, 0.2) is 0 Å². The van der Waals surface area contributed by atoms with Crippen LogP contribution in [0.15, 0.2) is 12.3 Å². The molecule has 4 fully saturated rings. The van der Waals surface area contributed by atoms with Crippen molar-refractivity contribution in [3.05, 3.63) is 29.1 Å². The number of carbonyl (C=O) groups excluding carboxylic acids is 2. The summed E-state index contributed by atoms with van der Waals surface area (Å²) < 4.78 is 5.60. The Balaban J connectivity index is 1.20. The second-order valence-corrected chi connectivity index (χ2v) is 13.3. The second kappa shape index (κ2) is 11.9. The van der Waals surface area contributed by atoms with Crippen LogP contribution in [0.25, 0.3) is 0 Å². The van der Waals surface area contributed by atoms with Crippen LogP contribution in [0.4, 0.5) is 0 Å². The van der Waals surface area contributed by atoms with Gasteiger partial charge in [0.1, 0.15) is 0 Å². The Morgan fingerprint density at radius 2 is 1.87 bits per heavy atom. The maximum absolute atomic E-state index is 13.4. The fourth-order valence-electron chi connectivity index (χ4n) is 7.94. The number of pyridine rings is 1. The molecule has 0 bridgehead atoms. The molecule has 0 aliphatic carbocycles. The van der Waals surface area contributed by atoms with Crippen molar-refractivity contribution in [3.8, 4) is 0 Å². The molecule has 2 amide bonds. The minimum atomic E-state index is 0.115. The van der Waals surface area contributed by atoms with E-state index in [-0.39, 0.29) is 16.9 Å². The van der Waals surface area contributed by atoms with E-state index in [0.717, 1.165) is 108 Å². The van der Waals surface area contributed by atoms with Gasteiger partial charge in [-0.05, 0) is 95.3 Å². The highest BCUT2D eigenvalue weighted by Gasteiger charge is 2.50. The van der Waals surface area contributed by atoms with E-state index in [1.54, 1.807) is 6.20 Å². The molecule has 4 saturated heterocycles. The maximum atomic E-state index is 13.4. The van der Waals surface area contributed by atoms with Gasteiger partial charge in [0.05, 0.1) is 17.9 Å². The van der Waals surface area contributed by atoms with Crippen LogP contribution in [0.2, 0.25) is 0 Å². The van der Waals surface area contributed by atoms with Crippen LogP contribution < -0.4 is 0 Å². The molecule has 7 heteroatoms. The van der Waals surface area contributed by atoms with Crippen molar-refractivity contribution >= 4 is 11.8 Å². The molecule has 0 aromatic carbocycles. The van der Waals surface area contributed by atoms with Crippen LogP contribution in [0, 0.1) is 31.1 Å². The van der Waals surface area contributed by atoms with Crippen molar-refractivity contribution in [2.75, 3.05) is 52.5 Å². The van der Waals surface area contributed by atoms with E-state index < -0.39 is 0 Å². The fraction of sp³-hybridized carbons (Fsp3) is 0.781. The van der Waals surface area contributed by atoms with Gasteiger partial charge in [-0.2, -0.15) is 0 Å². The Morgan fingerprint density at radius 1 is 1.13 bits per heavy atom. The van der Waals surface area contributed by atoms with Crippen LogP contribution in [-0.4, -0.2) is 89.5 Å². The average Bonchev–Trinajstić information content (AvgIpc) is 3.43. The number of piperidine rings is 3. The summed E-state index contributed by atoms with van der Waals surface area (Å²) in [7, 11) is 0. The standard InChI is InChI=1S/C32H50N4O3/c1-5-6-7-27-22-35(21-26-9-19-39-23-26)28(37)20-32(27)12-17-36(18-13-32)31(4)10-15-34(16-11-31)30(38)29-24(2)8-14-33-25(29)3/h8,14,26-27H,5-7,9-13,15-23H2,1-4H3/t26-,27?/m1/s1. The number of ether oxygens (including phenoxy) is 1. The summed E-state index contributed by atoms with van der Waals surface area (Å²) in [5.74, 6) is 1.63. The summed E-state index contributed by atoms with van der Waals surface area (Å²) in [6.45, 7) is 15.8. The van der Waals surface area contributed by atoms with Gasteiger partial charge in [0.25, 0.3) is 5.91 Å². The minimum Gasteiger partial charge on any atom is -0.381 e. The lowest BCUT2D eigenvalue weighted by molar-refractivity contribution is -0.147. The van der Waals surface area contributed by atoms with Gasteiger partial charge < -0.3 is 14.5 Å². The van der Waals surface area contributed by atoms with Crippen LogP contribution in [0.5, 0.6) is 0 Å². The lowest BCUT2D eigenvalue weighted by atomic mass is 9.62.